The fraction of sp³-hybridized carbons (Fsp3) is 0.375. The first-order chi connectivity index (χ1) is 10.1. The highest BCUT2D eigenvalue weighted by atomic mass is 35.5. The molecule has 1 radical (unpaired) electrons. The highest BCUT2D eigenvalue weighted by Gasteiger charge is 2.10. The molecule has 1 heterocycles. The van der Waals surface area contributed by atoms with E-state index in [0.717, 1.165) is 24.1 Å². The summed E-state index contributed by atoms with van der Waals surface area (Å²) < 4.78 is 7.52. The number of ether oxygens (including phenoxy) is 1. The van der Waals surface area contributed by atoms with Crippen molar-refractivity contribution in [2.75, 3.05) is 6.61 Å². The van der Waals surface area contributed by atoms with Crippen LogP contribution in [0.3, 0.4) is 0 Å². The average Bonchev–Trinajstić information content (AvgIpc) is 2.84. The van der Waals surface area contributed by atoms with Gasteiger partial charge in [-0.05, 0) is 37.5 Å². The third kappa shape index (κ3) is 4.39. The molecular weight excluding hydrogens is 307 g/mol. The predicted molar refractivity (Wildman–Crippen MR) is 87.3 cm³/mol. The van der Waals surface area contributed by atoms with Gasteiger partial charge in [-0.15, -0.1) is 5.10 Å². The molecule has 2 aromatic rings. The van der Waals surface area contributed by atoms with E-state index in [4.69, 9.17) is 27.9 Å². The number of unbranched alkanes of at least 4 members (excludes halogenated alkanes) is 1. The Morgan fingerprint density at radius 1 is 1.29 bits per heavy atom. The second-order valence-corrected chi connectivity index (χ2v) is 5.66. The molecule has 0 unspecified atom stereocenters. The van der Waals surface area contributed by atoms with Gasteiger partial charge in [-0.1, -0.05) is 42.6 Å². The number of hydrogen-bond acceptors (Lipinski definition) is 2. The summed E-state index contributed by atoms with van der Waals surface area (Å²) in [5.41, 5.74) is 1.99. The zero-order valence-corrected chi connectivity index (χ0v) is 13.6. The summed E-state index contributed by atoms with van der Waals surface area (Å²) in [4.78, 5) is 0. The van der Waals surface area contributed by atoms with Crippen molar-refractivity contribution in [2.45, 2.75) is 32.7 Å². The van der Waals surface area contributed by atoms with Gasteiger partial charge in [0.05, 0.1) is 13.2 Å². The molecule has 0 N–H and O–H groups in total. The van der Waals surface area contributed by atoms with Crippen molar-refractivity contribution < 1.29 is 4.74 Å². The molecule has 21 heavy (non-hydrogen) atoms. The average molecular weight is 326 g/mol. The molecule has 1 aromatic carbocycles. The Balaban J connectivity index is 2.14. The molecule has 0 amide bonds. The SMILES string of the molecule is [CH2]Cc1cc(OCCCC)nn1Cc1ccc(Cl)cc1Cl. The van der Waals surface area contributed by atoms with Crippen LogP contribution < -0.4 is 4.74 Å². The summed E-state index contributed by atoms with van der Waals surface area (Å²) in [5, 5.41) is 5.74. The Bertz CT molecular complexity index is 596. The molecule has 0 aliphatic carbocycles. The van der Waals surface area contributed by atoms with Crippen LogP contribution in [0.2, 0.25) is 10.0 Å². The number of aromatic nitrogens is 2. The lowest BCUT2D eigenvalue weighted by Gasteiger charge is -2.08. The normalized spacial score (nSPS) is 10.9. The molecule has 0 atom stereocenters. The third-order valence-corrected chi connectivity index (χ3v) is 3.77. The van der Waals surface area contributed by atoms with E-state index < -0.39 is 0 Å². The van der Waals surface area contributed by atoms with Crippen LogP contribution in [-0.4, -0.2) is 16.4 Å². The second kappa shape index (κ2) is 7.71. The fourth-order valence-corrected chi connectivity index (χ4v) is 2.44. The predicted octanol–water partition coefficient (Wildman–Crippen LogP) is 4.79. The van der Waals surface area contributed by atoms with Crippen molar-refractivity contribution in [1.29, 1.82) is 0 Å². The maximum absolute atomic E-state index is 6.21. The van der Waals surface area contributed by atoms with Gasteiger partial charge in [-0.3, -0.25) is 4.68 Å². The first-order valence-electron chi connectivity index (χ1n) is 7.06. The lowest BCUT2D eigenvalue weighted by atomic mass is 10.2. The van der Waals surface area contributed by atoms with E-state index in [0.29, 0.717) is 35.5 Å². The van der Waals surface area contributed by atoms with Gasteiger partial charge < -0.3 is 4.74 Å². The van der Waals surface area contributed by atoms with Crippen LogP contribution in [-0.2, 0) is 13.0 Å². The van der Waals surface area contributed by atoms with Crippen molar-refractivity contribution in [3.63, 3.8) is 0 Å². The highest BCUT2D eigenvalue weighted by Crippen LogP contribution is 2.23. The van der Waals surface area contributed by atoms with Gasteiger partial charge in [0.2, 0.25) is 5.88 Å². The maximum atomic E-state index is 6.21. The lowest BCUT2D eigenvalue weighted by molar-refractivity contribution is 0.294. The number of nitrogens with zero attached hydrogens (tertiary/aromatic N) is 2. The minimum absolute atomic E-state index is 0.581. The standard InChI is InChI=1S/C16H19Cl2N2O/c1-3-5-8-21-16-10-14(4-2)20(19-16)11-12-6-7-13(17)9-15(12)18/h6-7,9-10H,2-5,8,11H2,1H3. The van der Waals surface area contributed by atoms with Crippen LogP contribution in [0, 0.1) is 6.92 Å². The second-order valence-electron chi connectivity index (χ2n) is 4.82. The molecule has 2 rings (SSSR count). The molecule has 1 aromatic heterocycles. The number of benzene rings is 1. The number of halogens is 2. The minimum atomic E-state index is 0.581. The van der Waals surface area contributed by atoms with Crippen LogP contribution in [0.5, 0.6) is 5.88 Å². The smallest absolute Gasteiger partial charge is 0.233 e. The lowest BCUT2D eigenvalue weighted by Crippen LogP contribution is -2.06. The third-order valence-electron chi connectivity index (χ3n) is 3.18. The van der Waals surface area contributed by atoms with Gasteiger partial charge in [-0.2, -0.15) is 0 Å². The Kier molecular flexibility index (Phi) is 5.95. The Labute approximate surface area is 135 Å². The largest absolute Gasteiger partial charge is 0.477 e. The first kappa shape index (κ1) is 16.2. The van der Waals surface area contributed by atoms with Crippen molar-refractivity contribution in [1.82, 2.24) is 9.78 Å². The molecule has 113 valence electrons. The van der Waals surface area contributed by atoms with E-state index in [1.807, 2.05) is 22.9 Å². The quantitative estimate of drug-likeness (QED) is 0.684. The molecule has 0 fully saturated rings. The monoisotopic (exact) mass is 325 g/mol. The molecule has 0 spiro atoms. The van der Waals surface area contributed by atoms with Crippen molar-refractivity contribution in [3.05, 3.63) is 52.5 Å². The van der Waals surface area contributed by atoms with E-state index in [9.17, 15) is 0 Å². The van der Waals surface area contributed by atoms with Crippen molar-refractivity contribution in [3.8, 4) is 5.88 Å². The molecule has 0 bridgehead atoms. The van der Waals surface area contributed by atoms with Crippen molar-refractivity contribution in [2.24, 2.45) is 0 Å². The molecular formula is C16H19Cl2N2O. The molecule has 3 nitrogen and oxygen atoms in total. The Morgan fingerprint density at radius 3 is 2.76 bits per heavy atom. The van der Waals surface area contributed by atoms with E-state index in [2.05, 4.69) is 18.9 Å². The van der Waals surface area contributed by atoms with Gasteiger partial charge in [-0.25, -0.2) is 0 Å². The molecule has 5 heteroatoms. The zero-order valence-electron chi connectivity index (χ0n) is 12.1. The zero-order chi connectivity index (χ0) is 15.2. The van der Waals surface area contributed by atoms with Crippen LogP contribution in [0.1, 0.15) is 31.0 Å². The molecule has 0 aliphatic heterocycles. The van der Waals surface area contributed by atoms with Gasteiger partial charge in [0.25, 0.3) is 0 Å². The topological polar surface area (TPSA) is 27.1 Å². The summed E-state index contributed by atoms with van der Waals surface area (Å²) >= 11 is 12.1. The van der Waals surface area contributed by atoms with Crippen LogP contribution in [0.15, 0.2) is 24.3 Å². The Hall–Kier alpha value is -1.19. The van der Waals surface area contributed by atoms with E-state index in [1.54, 1.807) is 6.07 Å². The van der Waals surface area contributed by atoms with Gasteiger partial charge in [0.1, 0.15) is 0 Å². The maximum Gasteiger partial charge on any atom is 0.233 e. The first-order valence-corrected chi connectivity index (χ1v) is 7.82. The summed E-state index contributed by atoms with van der Waals surface area (Å²) in [7, 11) is 0. The summed E-state index contributed by atoms with van der Waals surface area (Å²) in [6.45, 7) is 7.33. The minimum Gasteiger partial charge on any atom is -0.477 e. The van der Waals surface area contributed by atoms with Crippen LogP contribution >= 0.6 is 23.2 Å². The highest BCUT2D eigenvalue weighted by molar-refractivity contribution is 6.35. The van der Waals surface area contributed by atoms with Crippen LogP contribution in [0.4, 0.5) is 0 Å². The van der Waals surface area contributed by atoms with Gasteiger partial charge in [0.15, 0.2) is 0 Å². The molecule has 0 aliphatic rings. The van der Waals surface area contributed by atoms with E-state index >= 15 is 0 Å². The fourth-order valence-electron chi connectivity index (χ4n) is 1.97. The Morgan fingerprint density at radius 2 is 2.10 bits per heavy atom. The summed E-state index contributed by atoms with van der Waals surface area (Å²) in [6.07, 6.45) is 2.77. The summed E-state index contributed by atoms with van der Waals surface area (Å²) in [5.74, 6) is 0.646. The summed E-state index contributed by atoms with van der Waals surface area (Å²) in [6, 6.07) is 7.42. The number of hydrogen-bond donors (Lipinski definition) is 0. The van der Waals surface area contributed by atoms with E-state index in [1.165, 1.54) is 0 Å². The molecule has 0 saturated heterocycles. The van der Waals surface area contributed by atoms with Crippen molar-refractivity contribution >= 4 is 23.2 Å². The van der Waals surface area contributed by atoms with Crippen LogP contribution in [0.25, 0.3) is 0 Å². The van der Waals surface area contributed by atoms with E-state index in [-0.39, 0.29) is 0 Å². The van der Waals surface area contributed by atoms with Gasteiger partial charge in [0, 0.05) is 21.8 Å². The van der Waals surface area contributed by atoms with Gasteiger partial charge >= 0.3 is 0 Å². The number of rotatable bonds is 7. The molecule has 0 saturated carbocycles.